The zero-order chi connectivity index (χ0) is 13.3. The molecule has 3 nitrogen and oxygen atoms in total. The first-order valence-corrected chi connectivity index (χ1v) is 6.87. The zero-order valence-electron chi connectivity index (χ0n) is 10.3. The Morgan fingerprint density at radius 3 is 2.50 bits per heavy atom. The van der Waals surface area contributed by atoms with Crippen molar-refractivity contribution in [2.45, 2.75) is 12.4 Å². The van der Waals surface area contributed by atoms with Crippen LogP contribution >= 0.6 is 34.8 Å². The van der Waals surface area contributed by atoms with Crippen LogP contribution in [0.5, 0.6) is 0 Å². The van der Waals surface area contributed by atoms with Crippen LogP contribution < -0.4 is 0 Å². The van der Waals surface area contributed by atoms with Gasteiger partial charge < -0.3 is 9.47 Å². The number of likely N-dealkylation sites (N-methyl/N-ethyl adjacent to an activating group) is 1. The Labute approximate surface area is 121 Å². The molecule has 0 aliphatic rings. The second kappa shape index (κ2) is 5.66. The summed E-state index contributed by atoms with van der Waals surface area (Å²) in [6, 6.07) is 3.62. The van der Waals surface area contributed by atoms with E-state index in [1.54, 1.807) is 6.07 Å². The summed E-state index contributed by atoms with van der Waals surface area (Å²) in [6.07, 6.45) is 0. The molecule has 0 bridgehead atoms. The lowest BCUT2D eigenvalue weighted by molar-refractivity contribution is 0.384. The highest BCUT2D eigenvalue weighted by molar-refractivity contribution is 6.42. The third kappa shape index (κ3) is 2.75. The Kier molecular flexibility index (Phi) is 4.38. The van der Waals surface area contributed by atoms with Gasteiger partial charge in [0, 0.05) is 13.1 Å². The van der Waals surface area contributed by atoms with Crippen LogP contribution in [-0.2, 0) is 12.4 Å². The average molecular weight is 307 g/mol. The number of aromatic nitrogens is 2. The van der Waals surface area contributed by atoms with Gasteiger partial charge in [0.15, 0.2) is 0 Å². The first-order valence-electron chi connectivity index (χ1n) is 5.57. The Balaban J connectivity index is 2.50. The van der Waals surface area contributed by atoms with Crippen LogP contribution in [0.3, 0.4) is 0 Å². The molecule has 0 fully saturated rings. The molecule has 0 aliphatic heterocycles. The van der Waals surface area contributed by atoms with Crippen LogP contribution in [-0.4, -0.2) is 35.1 Å². The molecule has 0 aliphatic carbocycles. The maximum atomic E-state index is 6.06. The van der Waals surface area contributed by atoms with E-state index in [0.717, 1.165) is 29.9 Å². The van der Waals surface area contributed by atoms with Gasteiger partial charge in [0.05, 0.1) is 27.0 Å². The minimum Gasteiger partial charge on any atom is -0.326 e. The summed E-state index contributed by atoms with van der Waals surface area (Å²) in [7, 11) is 4.06. The van der Waals surface area contributed by atoms with Gasteiger partial charge in [-0.3, -0.25) is 0 Å². The lowest BCUT2D eigenvalue weighted by Crippen LogP contribution is -2.19. The summed E-state index contributed by atoms with van der Waals surface area (Å²) in [4.78, 5) is 6.59. The van der Waals surface area contributed by atoms with Gasteiger partial charge in [0.2, 0.25) is 0 Å². The molecule has 0 unspecified atom stereocenters. The molecule has 0 spiro atoms. The Morgan fingerprint density at radius 2 is 1.89 bits per heavy atom. The Hall–Kier alpha value is -0.480. The molecule has 98 valence electrons. The van der Waals surface area contributed by atoms with Crippen LogP contribution in [0.2, 0.25) is 10.0 Å². The molecular weight excluding hydrogens is 293 g/mol. The maximum absolute atomic E-state index is 6.06. The lowest BCUT2D eigenvalue weighted by Gasteiger charge is -2.12. The van der Waals surface area contributed by atoms with Crippen molar-refractivity contribution < 1.29 is 0 Å². The largest absolute Gasteiger partial charge is 0.326 e. The van der Waals surface area contributed by atoms with Crippen molar-refractivity contribution >= 4 is 45.8 Å². The number of rotatable bonds is 4. The molecule has 1 aromatic heterocycles. The van der Waals surface area contributed by atoms with Crippen molar-refractivity contribution in [2.24, 2.45) is 0 Å². The van der Waals surface area contributed by atoms with Gasteiger partial charge in [0.25, 0.3) is 0 Å². The Morgan fingerprint density at radius 1 is 1.22 bits per heavy atom. The molecule has 0 saturated heterocycles. The summed E-state index contributed by atoms with van der Waals surface area (Å²) in [6.45, 7) is 1.74. The zero-order valence-corrected chi connectivity index (χ0v) is 12.5. The van der Waals surface area contributed by atoms with E-state index in [4.69, 9.17) is 34.8 Å². The van der Waals surface area contributed by atoms with Crippen molar-refractivity contribution in [3.8, 4) is 0 Å². The molecule has 0 N–H and O–H groups in total. The van der Waals surface area contributed by atoms with Gasteiger partial charge in [-0.1, -0.05) is 23.2 Å². The number of halogens is 3. The second-order valence-corrected chi connectivity index (χ2v) is 5.45. The van der Waals surface area contributed by atoms with E-state index in [-0.39, 0.29) is 0 Å². The molecule has 0 amide bonds. The van der Waals surface area contributed by atoms with Crippen molar-refractivity contribution in [1.82, 2.24) is 14.5 Å². The summed E-state index contributed by atoms with van der Waals surface area (Å²) in [5.41, 5.74) is 1.81. The minimum atomic E-state index is 0.372. The molecular formula is C12H14Cl3N3. The van der Waals surface area contributed by atoms with Crippen LogP contribution in [0.4, 0.5) is 0 Å². The molecule has 0 radical (unpaired) electrons. The molecule has 1 heterocycles. The maximum Gasteiger partial charge on any atom is 0.124 e. The van der Waals surface area contributed by atoms with Crippen molar-refractivity contribution in [3.63, 3.8) is 0 Å². The van der Waals surface area contributed by atoms with E-state index in [2.05, 4.69) is 14.5 Å². The molecule has 2 aromatic rings. The van der Waals surface area contributed by atoms with E-state index < -0.39 is 0 Å². The summed E-state index contributed by atoms with van der Waals surface area (Å²) in [5.74, 6) is 1.21. The van der Waals surface area contributed by atoms with E-state index in [1.807, 2.05) is 20.2 Å². The van der Waals surface area contributed by atoms with Gasteiger partial charge in [-0.05, 0) is 26.2 Å². The monoisotopic (exact) mass is 305 g/mol. The van der Waals surface area contributed by atoms with Crippen molar-refractivity contribution in [3.05, 3.63) is 28.0 Å². The van der Waals surface area contributed by atoms with Gasteiger partial charge in [-0.2, -0.15) is 0 Å². The van der Waals surface area contributed by atoms with E-state index in [9.17, 15) is 0 Å². The Bertz CT molecular complexity index is 563. The van der Waals surface area contributed by atoms with Crippen LogP contribution in [0, 0.1) is 0 Å². The molecule has 1 aromatic carbocycles. The molecule has 2 rings (SSSR count). The second-order valence-electron chi connectivity index (χ2n) is 4.37. The summed E-state index contributed by atoms with van der Waals surface area (Å²) in [5, 5.41) is 1.05. The van der Waals surface area contributed by atoms with Crippen molar-refractivity contribution in [1.29, 1.82) is 0 Å². The highest BCUT2D eigenvalue weighted by Gasteiger charge is 2.12. The SMILES string of the molecule is CN(C)CCn1c(CCl)nc2cc(Cl)c(Cl)cc21. The summed E-state index contributed by atoms with van der Waals surface area (Å²) < 4.78 is 2.09. The number of nitrogens with zero attached hydrogens (tertiary/aromatic N) is 3. The lowest BCUT2D eigenvalue weighted by atomic mass is 10.3. The van der Waals surface area contributed by atoms with Gasteiger partial charge in [-0.25, -0.2) is 4.98 Å². The average Bonchev–Trinajstić information content (AvgIpc) is 2.64. The third-order valence-corrected chi connectivity index (χ3v) is 3.72. The fourth-order valence-electron chi connectivity index (χ4n) is 1.82. The molecule has 0 saturated carbocycles. The normalized spacial score (nSPS) is 11.7. The van der Waals surface area contributed by atoms with E-state index in [0.29, 0.717) is 15.9 Å². The van der Waals surface area contributed by atoms with Crippen molar-refractivity contribution in [2.75, 3.05) is 20.6 Å². The molecule has 0 atom stereocenters. The highest BCUT2D eigenvalue weighted by atomic mass is 35.5. The smallest absolute Gasteiger partial charge is 0.124 e. The fraction of sp³-hybridized carbons (Fsp3) is 0.417. The minimum absolute atomic E-state index is 0.372. The fourth-order valence-corrected chi connectivity index (χ4v) is 2.34. The number of hydrogen-bond donors (Lipinski definition) is 0. The third-order valence-electron chi connectivity index (χ3n) is 2.76. The highest BCUT2D eigenvalue weighted by Crippen LogP contribution is 2.28. The van der Waals surface area contributed by atoms with Crippen LogP contribution in [0.1, 0.15) is 5.82 Å². The predicted octanol–water partition coefficient (Wildman–Crippen LogP) is 3.64. The number of hydrogen-bond acceptors (Lipinski definition) is 2. The molecule has 6 heteroatoms. The molecule has 18 heavy (non-hydrogen) atoms. The first-order chi connectivity index (χ1) is 8.52. The van der Waals surface area contributed by atoms with Crippen LogP contribution in [0.25, 0.3) is 11.0 Å². The van der Waals surface area contributed by atoms with Gasteiger partial charge in [0.1, 0.15) is 5.82 Å². The number of imidazole rings is 1. The van der Waals surface area contributed by atoms with E-state index in [1.165, 1.54) is 0 Å². The first kappa shape index (κ1) is 13.9. The quantitative estimate of drug-likeness (QED) is 0.804. The van der Waals surface area contributed by atoms with E-state index >= 15 is 0 Å². The topological polar surface area (TPSA) is 21.1 Å². The van der Waals surface area contributed by atoms with Gasteiger partial charge in [-0.15, -0.1) is 11.6 Å². The van der Waals surface area contributed by atoms with Crippen LogP contribution in [0.15, 0.2) is 12.1 Å². The standard InChI is InChI=1S/C12H14Cl3N3/c1-17(2)3-4-18-11-6-9(15)8(14)5-10(11)16-12(18)7-13/h5-6H,3-4,7H2,1-2H3. The summed E-state index contributed by atoms with van der Waals surface area (Å²) >= 11 is 18.0. The number of alkyl halides is 1. The number of benzene rings is 1. The predicted molar refractivity (Wildman–Crippen MR) is 77.9 cm³/mol. The number of fused-ring (bicyclic) bond motifs is 1. The van der Waals surface area contributed by atoms with Gasteiger partial charge >= 0.3 is 0 Å².